The fraction of sp³-hybridized carbons (Fsp3) is 0.500. The molecule has 0 fully saturated rings. The van der Waals surface area contributed by atoms with Crippen molar-refractivity contribution >= 4 is 17.3 Å². The highest BCUT2D eigenvalue weighted by Gasteiger charge is 2.07. The van der Waals surface area contributed by atoms with Gasteiger partial charge in [0.25, 0.3) is 0 Å². The Bertz CT molecular complexity index is 331. The summed E-state index contributed by atoms with van der Waals surface area (Å²) in [5.74, 6) is 0. The highest BCUT2D eigenvalue weighted by Crippen LogP contribution is 2.23. The maximum atomic E-state index is 9.23. The summed E-state index contributed by atoms with van der Waals surface area (Å²) in [5.41, 5.74) is 1.83. The predicted molar refractivity (Wildman–Crippen MR) is 67.1 cm³/mol. The molecule has 0 aromatic heterocycles. The quantitative estimate of drug-likeness (QED) is 0.779. The maximum absolute atomic E-state index is 9.23. The Labute approximate surface area is 102 Å². The zero-order valence-electron chi connectivity index (χ0n) is 9.74. The first kappa shape index (κ1) is 13.3. The van der Waals surface area contributed by atoms with E-state index in [1.807, 2.05) is 31.0 Å². The largest absolute Gasteiger partial charge is 0.392 e. The van der Waals surface area contributed by atoms with Crippen molar-refractivity contribution < 1.29 is 9.84 Å². The number of ether oxygens (including phenoxy) is 1. The van der Waals surface area contributed by atoms with Crippen molar-refractivity contribution in [2.75, 3.05) is 31.7 Å². The van der Waals surface area contributed by atoms with Crippen molar-refractivity contribution in [3.05, 3.63) is 28.8 Å². The smallest absolute Gasteiger partial charge is 0.0702 e. The van der Waals surface area contributed by atoms with Crippen molar-refractivity contribution in [2.24, 2.45) is 0 Å². The van der Waals surface area contributed by atoms with Gasteiger partial charge in [-0.2, -0.15) is 0 Å². The SMILES string of the molecule is CCOCCN(C)c1cc(Cl)ccc1CO. The molecule has 0 aliphatic heterocycles. The monoisotopic (exact) mass is 243 g/mol. The number of aliphatic hydroxyl groups excluding tert-OH is 1. The number of hydrogen-bond acceptors (Lipinski definition) is 3. The summed E-state index contributed by atoms with van der Waals surface area (Å²) in [4.78, 5) is 2.03. The first-order chi connectivity index (χ1) is 7.69. The Hall–Kier alpha value is -0.770. The van der Waals surface area contributed by atoms with Gasteiger partial charge < -0.3 is 14.7 Å². The third-order valence-corrected chi connectivity index (χ3v) is 2.64. The zero-order chi connectivity index (χ0) is 12.0. The lowest BCUT2D eigenvalue weighted by Gasteiger charge is -2.22. The summed E-state index contributed by atoms with van der Waals surface area (Å²) in [6.07, 6.45) is 0. The van der Waals surface area contributed by atoms with Crippen molar-refractivity contribution in [1.82, 2.24) is 0 Å². The molecule has 0 amide bonds. The lowest BCUT2D eigenvalue weighted by molar-refractivity contribution is 0.154. The second kappa shape index (κ2) is 6.74. The van der Waals surface area contributed by atoms with Crippen LogP contribution in [0.5, 0.6) is 0 Å². The van der Waals surface area contributed by atoms with Crippen LogP contribution in [0.25, 0.3) is 0 Å². The molecular weight excluding hydrogens is 226 g/mol. The van der Waals surface area contributed by atoms with E-state index in [1.54, 1.807) is 6.07 Å². The fourth-order valence-corrected chi connectivity index (χ4v) is 1.66. The molecule has 0 aliphatic rings. The van der Waals surface area contributed by atoms with Gasteiger partial charge in [-0.1, -0.05) is 17.7 Å². The van der Waals surface area contributed by atoms with Crippen LogP contribution >= 0.6 is 11.6 Å². The van der Waals surface area contributed by atoms with E-state index in [1.165, 1.54) is 0 Å². The van der Waals surface area contributed by atoms with Gasteiger partial charge in [0.2, 0.25) is 0 Å². The van der Waals surface area contributed by atoms with Crippen molar-refractivity contribution in [1.29, 1.82) is 0 Å². The number of aliphatic hydroxyl groups is 1. The molecule has 0 heterocycles. The number of likely N-dealkylation sites (N-methyl/N-ethyl adjacent to an activating group) is 1. The summed E-state index contributed by atoms with van der Waals surface area (Å²) < 4.78 is 5.29. The highest BCUT2D eigenvalue weighted by molar-refractivity contribution is 6.30. The average molecular weight is 244 g/mol. The van der Waals surface area contributed by atoms with Crippen LogP contribution in [0.1, 0.15) is 12.5 Å². The maximum Gasteiger partial charge on any atom is 0.0702 e. The molecule has 0 aliphatic carbocycles. The zero-order valence-corrected chi connectivity index (χ0v) is 10.5. The summed E-state index contributed by atoms with van der Waals surface area (Å²) >= 11 is 5.94. The molecule has 0 unspecified atom stereocenters. The molecule has 1 aromatic rings. The molecular formula is C12H18ClNO2. The van der Waals surface area contributed by atoms with Gasteiger partial charge in [-0.25, -0.2) is 0 Å². The molecule has 0 saturated carbocycles. The van der Waals surface area contributed by atoms with Crippen LogP contribution in [-0.2, 0) is 11.3 Å². The minimum Gasteiger partial charge on any atom is -0.392 e. The van der Waals surface area contributed by atoms with Gasteiger partial charge >= 0.3 is 0 Å². The second-order valence-corrected chi connectivity index (χ2v) is 3.99. The third kappa shape index (κ3) is 3.67. The molecule has 1 N–H and O–H groups in total. The first-order valence-electron chi connectivity index (χ1n) is 5.37. The van der Waals surface area contributed by atoms with Crippen LogP contribution in [0.15, 0.2) is 18.2 Å². The molecule has 0 saturated heterocycles. The predicted octanol–water partition coefficient (Wildman–Crippen LogP) is 2.31. The van der Waals surface area contributed by atoms with E-state index in [-0.39, 0.29) is 6.61 Å². The van der Waals surface area contributed by atoms with Gasteiger partial charge in [-0.05, 0) is 19.1 Å². The Kier molecular flexibility index (Phi) is 5.60. The number of anilines is 1. The third-order valence-electron chi connectivity index (χ3n) is 2.40. The first-order valence-corrected chi connectivity index (χ1v) is 5.75. The molecule has 1 aromatic carbocycles. The van der Waals surface area contributed by atoms with E-state index in [9.17, 15) is 5.11 Å². The number of benzene rings is 1. The van der Waals surface area contributed by atoms with Gasteiger partial charge in [0.15, 0.2) is 0 Å². The minimum absolute atomic E-state index is 0.0193. The van der Waals surface area contributed by atoms with Crippen LogP contribution in [0, 0.1) is 0 Å². The van der Waals surface area contributed by atoms with E-state index in [0.717, 1.165) is 24.4 Å². The molecule has 0 bridgehead atoms. The van der Waals surface area contributed by atoms with Crippen molar-refractivity contribution in [3.63, 3.8) is 0 Å². The Balaban J connectivity index is 2.72. The molecule has 90 valence electrons. The molecule has 3 nitrogen and oxygen atoms in total. The van der Waals surface area contributed by atoms with Crippen molar-refractivity contribution in [3.8, 4) is 0 Å². The van der Waals surface area contributed by atoms with E-state index in [2.05, 4.69) is 0 Å². The van der Waals surface area contributed by atoms with E-state index < -0.39 is 0 Å². The molecule has 0 radical (unpaired) electrons. The van der Waals surface area contributed by atoms with Crippen LogP contribution in [0.4, 0.5) is 5.69 Å². The molecule has 16 heavy (non-hydrogen) atoms. The number of hydrogen-bond donors (Lipinski definition) is 1. The Morgan fingerprint density at radius 2 is 2.19 bits per heavy atom. The van der Waals surface area contributed by atoms with Gasteiger partial charge in [-0.3, -0.25) is 0 Å². The normalized spacial score (nSPS) is 10.5. The van der Waals surface area contributed by atoms with Crippen LogP contribution in [-0.4, -0.2) is 31.9 Å². The Morgan fingerprint density at radius 1 is 1.44 bits per heavy atom. The summed E-state index contributed by atoms with van der Waals surface area (Å²) in [5, 5.41) is 9.91. The van der Waals surface area contributed by atoms with E-state index in [4.69, 9.17) is 16.3 Å². The molecule has 1 rings (SSSR count). The minimum atomic E-state index is 0.0193. The Morgan fingerprint density at radius 3 is 2.81 bits per heavy atom. The second-order valence-electron chi connectivity index (χ2n) is 3.55. The summed E-state index contributed by atoms with van der Waals surface area (Å²) in [6.45, 7) is 4.16. The molecule has 0 atom stereocenters. The van der Waals surface area contributed by atoms with Crippen LogP contribution in [0.3, 0.4) is 0 Å². The lowest BCUT2D eigenvalue weighted by atomic mass is 10.1. The lowest BCUT2D eigenvalue weighted by Crippen LogP contribution is -2.23. The number of rotatable bonds is 6. The summed E-state index contributed by atoms with van der Waals surface area (Å²) in [6, 6.07) is 5.49. The van der Waals surface area contributed by atoms with E-state index in [0.29, 0.717) is 11.6 Å². The number of nitrogens with zero attached hydrogens (tertiary/aromatic N) is 1. The standard InChI is InChI=1S/C12H18ClNO2/c1-3-16-7-6-14(2)12-8-11(13)5-4-10(12)9-15/h4-5,8,15H,3,6-7,9H2,1-2H3. The van der Waals surface area contributed by atoms with E-state index >= 15 is 0 Å². The molecule has 0 spiro atoms. The van der Waals surface area contributed by atoms with Gasteiger partial charge in [-0.15, -0.1) is 0 Å². The van der Waals surface area contributed by atoms with Gasteiger partial charge in [0.05, 0.1) is 13.2 Å². The van der Waals surface area contributed by atoms with Crippen LogP contribution < -0.4 is 4.90 Å². The topological polar surface area (TPSA) is 32.7 Å². The van der Waals surface area contributed by atoms with Crippen LogP contribution in [0.2, 0.25) is 5.02 Å². The average Bonchev–Trinajstić information content (AvgIpc) is 2.29. The fourth-order valence-electron chi connectivity index (χ4n) is 1.49. The highest BCUT2D eigenvalue weighted by atomic mass is 35.5. The number of halogens is 1. The van der Waals surface area contributed by atoms with Gasteiger partial charge in [0, 0.05) is 36.5 Å². The van der Waals surface area contributed by atoms with Gasteiger partial charge in [0.1, 0.15) is 0 Å². The summed E-state index contributed by atoms with van der Waals surface area (Å²) in [7, 11) is 1.96. The van der Waals surface area contributed by atoms with Crippen molar-refractivity contribution in [2.45, 2.75) is 13.5 Å². The molecule has 4 heteroatoms.